The van der Waals surface area contributed by atoms with Crippen LogP contribution in [0.1, 0.15) is 65.2 Å². The predicted molar refractivity (Wildman–Crippen MR) is 84.5 cm³/mol. The van der Waals surface area contributed by atoms with Gasteiger partial charge in [-0.25, -0.2) is 0 Å². The van der Waals surface area contributed by atoms with Crippen LogP contribution in [0, 0.1) is 35.5 Å². The van der Waals surface area contributed by atoms with Crippen LogP contribution in [0.3, 0.4) is 0 Å². The van der Waals surface area contributed by atoms with E-state index < -0.39 is 11.9 Å². The van der Waals surface area contributed by atoms with Crippen LogP contribution in [-0.4, -0.2) is 22.2 Å². The molecule has 2 saturated carbocycles. The Labute approximate surface area is 133 Å². The third-order valence-corrected chi connectivity index (χ3v) is 6.27. The van der Waals surface area contributed by atoms with Gasteiger partial charge in [-0.2, -0.15) is 0 Å². The molecule has 2 aliphatic carbocycles. The molecule has 4 nitrogen and oxygen atoms in total. The molecular weight excluding hydrogens is 280 g/mol. The van der Waals surface area contributed by atoms with E-state index in [0.29, 0.717) is 30.6 Å². The maximum Gasteiger partial charge on any atom is 0.306 e. The minimum atomic E-state index is -0.696. The quantitative estimate of drug-likeness (QED) is 0.776. The van der Waals surface area contributed by atoms with E-state index in [4.69, 9.17) is 0 Å². The first kappa shape index (κ1) is 17.3. The number of carboxylic acids is 2. The summed E-state index contributed by atoms with van der Waals surface area (Å²) in [6, 6.07) is 0. The van der Waals surface area contributed by atoms with Crippen molar-refractivity contribution in [1.82, 2.24) is 0 Å². The van der Waals surface area contributed by atoms with Gasteiger partial charge in [0.15, 0.2) is 0 Å². The first-order valence-corrected chi connectivity index (χ1v) is 8.95. The Balaban J connectivity index is 2.23. The molecule has 6 atom stereocenters. The number of unbranched alkanes of at least 4 members (excludes halogenated alkanes) is 1. The lowest BCUT2D eigenvalue weighted by molar-refractivity contribution is -0.153. The maximum atomic E-state index is 11.7. The second kappa shape index (κ2) is 7.47. The topological polar surface area (TPSA) is 74.6 Å². The predicted octanol–water partition coefficient (Wildman–Crippen LogP) is 4.04. The minimum Gasteiger partial charge on any atom is -0.481 e. The number of carbonyl (C=O) groups is 2. The maximum absolute atomic E-state index is 11.7. The summed E-state index contributed by atoms with van der Waals surface area (Å²) >= 11 is 0. The van der Waals surface area contributed by atoms with Gasteiger partial charge in [-0.05, 0) is 55.8 Å². The third-order valence-electron chi connectivity index (χ3n) is 6.27. The van der Waals surface area contributed by atoms with Crippen molar-refractivity contribution in [3.63, 3.8) is 0 Å². The highest BCUT2D eigenvalue weighted by atomic mass is 16.4. The van der Waals surface area contributed by atoms with E-state index in [1.54, 1.807) is 0 Å². The summed E-state index contributed by atoms with van der Waals surface area (Å²) in [4.78, 5) is 23.1. The van der Waals surface area contributed by atoms with Gasteiger partial charge >= 0.3 is 11.9 Å². The first-order valence-electron chi connectivity index (χ1n) is 8.95. The smallest absolute Gasteiger partial charge is 0.306 e. The van der Waals surface area contributed by atoms with E-state index in [1.807, 2.05) is 0 Å². The van der Waals surface area contributed by atoms with Crippen molar-refractivity contribution in [2.24, 2.45) is 35.5 Å². The lowest BCUT2D eigenvalue weighted by atomic mass is 9.54. The van der Waals surface area contributed by atoms with E-state index in [2.05, 4.69) is 13.8 Å². The highest BCUT2D eigenvalue weighted by Crippen LogP contribution is 2.52. The van der Waals surface area contributed by atoms with Crippen LogP contribution in [0.15, 0.2) is 0 Å². The molecule has 0 aromatic rings. The zero-order chi connectivity index (χ0) is 16.3. The first-order chi connectivity index (χ1) is 10.5. The zero-order valence-electron chi connectivity index (χ0n) is 13.8. The highest BCUT2D eigenvalue weighted by Gasteiger charge is 2.49. The van der Waals surface area contributed by atoms with Gasteiger partial charge in [0.1, 0.15) is 0 Å². The standard InChI is InChI=1S/C18H30O4/c1-3-5-6-13-11(4-2)9-16(18(21)22)14-8-7-12(17(19)20)10-15(13)14/h11-16H,3-10H2,1-2H3,(H,19,20)(H,21,22). The van der Waals surface area contributed by atoms with E-state index in [9.17, 15) is 19.8 Å². The van der Waals surface area contributed by atoms with Gasteiger partial charge in [0.05, 0.1) is 11.8 Å². The van der Waals surface area contributed by atoms with Crippen molar-refractivity contribution in [3.8, 4) is 0 Å². The van der Waals surface area contributed by atoms with Crippen LogP contribution >= 0.6 is 0 Å². The van der Waals surface area contributed by atoms with Gasteiger partial charge in [-0.3, -0.25) is 9.59 Å². The normalized spacial score (nSPS) is 38.3. The Morgan fingerprint density at radius 1 is 1.00 bits per heavy atom. The van der Waals surface area contributed by atoms with E-state index in [0.717, 1.165) is 32.1 Å². The van der Waals surface area contributed by atoms with Crippen LogP contribution in [0.2, 0.25) is 0 Å². The summed E-state index contributed by atoms with van der Waals surface area (Å²) in [5.74, 6) is -0.444. The third kappa shape index (κ3) is 3.47. The Morgan fingerprint density at radius 2 is 1.73 bits per heavy atom. The number of aliphatic carboxylic acids is 2. The number of fused-ring (bicyclic) bond motifs is 1. The van der Waals surface area contributed by atoms with Crippen LogP contribution < -0.4 is 0 Å². The molecule has 2 fully saturated rings. The summed E-state index contributed by atoms with van der Waals surface area (Å²) in [5, 5.41) is 19.0. The second-order valence-corrected chi connectivity index (χ2v) is 7.33. The van der Waals surface area contributed by atoms with Gasteiger partial charge in [0, 0.05) is 0 Å². The molecule has 0 spiro atoms. The molecular formula is C18H30O4. The zero-order valence-corrected chi connectivity index (χ0v) is 13.8. The van der Waals surface area contributed by atoms with Crippen molar-refractivity contribution in [2.45, 2.75) is 65.2 Å². The largest absolute Gasteiger partial charge is 0.481 e. The number of carboxylic acid groups (broad SMARTS) is 2. The lowest BCUT2D eigenvalue weighted by Crippen LogP contribution is -2.46. The molecule has 0 aromatic carbocycles. The molecule has 2 aliphatic rings. The van der Waals surface area contributed by atoms with Crippen LogP contribution in [0.5, 0.6) is 0 Å². The van der Waals surface area contributed by atoms with Crippen molar-refractivity contribution >= 4 is 11.9 Å². The Hall–Kier alpha value is -1.06. The van der Waals surface area contributed by atoms with E-state index in [-0.39, 0.29) is 17.8 Å². The molecule has 0 bridgehead atoms. The molecule has 2 rings (SSSR count). The van der Waals surface area contributed by atoms with E-state index in [1.165, 1.54) is 6.42 Å². The van der Waals surface area contributed by atoms with Crippen molar-refractivity contribution in [2.75, 3.05) is 0 Å². The van der Waals surface area contributed by atoms with E-state index >= 15 is 0 Å². The summed E-state index contributed by atoms with van der Waals surface area (Å²) in [7, 11) is 0. The lowest BCUT2D eigenvalue weighted by Gasteiger charge is -2.49. The molecule has 0 heterocycles. The molecule has 22 heavy (non-hydrogen) atoms. The summed E-state index contributed by atoms with van der Waals surface area (Å²) in [6.07, 6.45) is 7.37. The van der Waals surface area contributed by atoms with Gasteiger partial charge in [-0.15, -0.1) is 0 Å². The fourth-order valence-electron chi connectivity index (χ4n) is 5.11. The number of hydrogen-bond donors (Lipinski definition) is 2. The molecule has 4 heteroatoms. The fraction of sp³-hybridized carbons (Fsp3) is 0.889. The summed E-state index contributed by atoms with van der Waals surface area (Å²) < 4.78 is 0. The van der Waals surface area contributed by atoms with Gasteiger partial charge in [0.2, 0.25) is 0 Å². The SMILES string of the molecule is CCCCC1C(CC)CC(C(=O)O)C2CCC(C(=O)O)CC12. The minimum absolute atomic E-state index is 0.192. The average molecular weight is 310 g/mol. The average Bonchev–Trinajstić information content (AvgIpc) is 2.51. The number of rotatable bonds is 6. The van der Waals surface area contributed by atoms with Gasteiger partial charge in [-0.1, -0.05) is 33.1 Å². The van der Waals surface area contributed by atoms with Crippen LogP contribution in [0.4, 0.5) is 0 Å². The molecule has 6 unspecified atom stereocenters. The van der Waals surface area contributed by atoms with Crippen molar-refractivity contribution < 1.29 is 19.8 Å². The van der Waals surface area contributed by atoms with Crippen molar-refractivity contribution in [1.29, 1.82) is 0 Å². The molecule has 0 radical (unpaired) electrons. The molecule has 0 aliphatic heterocycles. The van der Waals surface area contributed by atoms with Crippen LogP contribution in [0.25, 0.3) is 0 Å². The summed E-state index contributed by atoms with van der Waals surface area (Å²) in [6.45, 7) is 4.34. The Morgan fingerprint density at radius 3 is 2.27 bits per heavy atom. The fourth-order valence-corrected chi connectivity index (χ4v) is 5.11. The molecule has 0 saturated heterocycles. The Kier molecular flexibility index (Phi) is 5.87. The van der Waals surface area contributed by atoms with Crippen molar-refractivity contribution in [3.05, 3.63) is 0 Å². The molecule has 2 N–H and O–H groups in total. The molecule has 0 amide bonds. The van der Waals surface area contributed by atoms with Crippen LogP contribution in [-0.2, 0) is 9.59 Å². The monoisotopic (exact) mass is 310 g/mol. The number of hydrogen-bond acceptors (Lipinski definition) is 2. The van der Waals surface area contributed by atoms with Gasteiger partial charge in [0.25, 0.3) is 0 Å². The Bertz CT molecular complexity index is 406. The highest BCUT2D eigenvalue weighted by molar-refractivity contribution is 5.72. The summed E-state index contributed by atoms with van der Waals surface area (Å²) in [5.41, 5.74) is 0. The van der Waals surface area contributed by atoms with Gasteiger partial charge < -0.3 is 10.2 Å². The molecule has 126 valence electrons. The molecule has 0 aromatic heterocycles. The second-order valence-electron chi connectivity index (χ2n) is 7.33.